The highest BCUT2D eigenvalue weighted by molar-refractivity contribution is 8.41. The number of aliphatic imine (C=N–C) groups is 2. The molecule has 90 valence electrons. The third-order valence-electron chi connectivity index (χ3n) is 2.04. The monoisotopic (exact) mass is 272 g/mol. The smallest absolute Gasteiger partial charge is 0.368 e. The van der Waals surface area contributed by atoms with Crippen LogP contribution in [-0.4, -0.2) is 40.6 Å². The number of esters is 1. The van der Waals surface area contributed by atoms with Crippen molar-refractivity contribution in [2.24, 2.45) is 9.98 Å². The maximum atomic E-state index is 11.7. The molecule has 0 radical (unpaired) electrons. The van der Waals surface area contributed by atoms with Crippen LogP contribution in [0.15, 0.2) is 21.8 Å². The van der Waals surface area contributed by atoms with Gasteiger partial charge in [-0.05, 0) is 16.6 Å². The van der Waals surface area contributed by atoms with Gasteiger partial charge in [-0.2, -0.15) is 0 Å². The fraction of sp³-hybridized carbons (Fsp3) is 0.222. The summed E-state index contributed by atoms with van der Waals surface area (Å²) in [6.45, 7) is 0. The van der Waals surface area contributed by atoms with Gasteiger partial charge in [0.15, 0.2) is 5.17 Å². The summed E-state index contributed by atoms with van der Waals surface area (Å²) in [7, 11) is 1.31. The second kappa shape index (κ2) is 4.46. The largest absolute Gasteiger partial charge is 0.465 e. The summed E-state index contributed by atoms with van der Waals surface area (Å²) in [6, 6.07) is 0. The maximum absolute atomic E-state index is 11.7. The number of thiol groups is 1. The number of carbonyl (C=O) groups excluding carboxylic acids is 2. The van der Waals surface area contributed by atoms with E-state index in [1.165, 1.54) is 20.3 Å². The van der Waals surface area contributed by atoms with Gasteiger partial charge in [-0.15, -0.1) is 12.6 Å². The van der Waals surface area contributed by atoms with E-state index in [1.54, 1.807) is 0 Å². The molecule has 0 saturated carbocycles. The zero-order chi connectivity index (χ0) is 12.6. The van der Waals surface area contributed by atoms with Crippen LogP contribution >= 0.6 is 23.1 Å². The summed E-state index contributed by atoms with van der Waals surface area (Å²) in [5.41, 5.74) is 0.462. The van der Waals surface area contributed by atoms with E-state index in [1.807, 2.05) is 0 Å². The highest BCUT2D eigenvalue weighted by atomic mass is 32.2. The van der Waals surface area contributed by atoms with Crippen molar-refractivity contribution in [3.8, 4) is 0 Å². The molecule has 6 nitrogen and oxygen atoms in total. The van der Waals surface area contributed by atoms with Crippen molar-refractivity contribution in [1.82, 2.24) is 0 Å². The van der Waals surface area contributed by atoms with Crippen molar-refractivity contribution in [2.75, 3.05) is 14.2 Å². The van der Waals surface area contributed by atoms with Crippen molar-refractivity contribution >= 4 is 49.5 Å². The number of ether oxygens (including phenoxy) is 2. The minimum atomic E-state index is -1.19. The van der Waals surface area contributed by atoms with Crippen LogP contribution in [0, 0.1) is 0 Å². The Balaban J connectivity index is 2.52. The first-order valence-electron chi connectivity index (χ1n) is 4.44. The highest BCUT2D eigenvalue weighted by Crippen LogP contribution is 2.36. The first-order valence-corrected chi connectivity index (χ1v) is 6.11. The Kier molecular flexibility index (Phi) is 3.16. The third-order valence-corrected chi connectivity index (χ3v) is 4.15. The molecule has 0 aromatic rings. The molecule has 0 aliphatic carbocycles. The Morgan fingerprint density at radius 3 is 2.59 bits per heavy atom. The van der Waals surface area contributed by atoms with E-state index in [9.17, 15) is 9.59 Å². The second-order valence-electron chi connectivity index (χ2n) is 2.97. The molecule has 2 rings (SSSR count). The molecule has 2 heterocycles. The van der Waals surface area contributed by atoms with E-state index in [0.29, 0.717) is 10.7 Å². The summed E-state index contributed by atoms with van der Waals surface area (Å²) in [5, 5.41) is 0.118. The van der Waals surface area contributed by atoms with Crippen molar-refractivity contribution < 1.29 is 19.1 Å². The number of rotatable bonds is 1. The van der Waals surface area contributed by atoms with Crippen LogP contribution in [0.1, 0.15) is 0 Å². The molecule has 0 aromatic heterocycles. The first kappa shape index (κ1) is 12.1. The molecule has 0 spiro atoms. The lowest BCUT2D eigenvalue weighted by molar-refractivity contribution is -0.132. The Morgan fingerprint density at radius 1 is 1.29 bits per heavy atom. The molecule has 0 N–H and O–H groups in total. The van der Waals surface area contributed by atoms with Crippen molar-refractivity contribution in [1.29, 1.82) is 0 Å². The van der Waals surface area contributed by atoms with Gasteiger partial charge in [-0.25, -0.2) is 19.6 Å². The van der Waals surface area contributed by atoms with Crippen LogP contribution in [0.4, 0.5) is 4.79 Å². The molecule has 0 saturated heterocycles. The summed E-state index contributed by atoms with van der Waals surface area (Å²) >= 11 is 3.99. The van der Waals surface area contributed by atoms with Crippen LogP contribution < -0.4 is 0 Å². The molecule has 17 heavy (non-hydrogen) atoms. The van der Waals surface area contributed by atoms with Crippen LogP contribution in [-0.2, 0) is 14.3 Å². The average Bonchev–Trinajstić information content (AvgIpc) is 2.82. The Hall–Kier alpha value is -1.41. The van der Waals surface area contributed by atoms with E-state index in [2.05, 4.69) is 32.1 Å². The molecule has 0 amide bonds. The summed E-state index contributed by atoms with van der Waals surface area (Å²) in [4.78, 5) is 31.4. The fourth-order valence-electron chi connectivity index (χ4n) is 1.36. The Labute approximate surface area is 105 Å². The van der Waals surface area contributed by atoms with Gasteiger partial charge < -0.3 is 9.47 Å². The molecule has 0 bridgehead atoms. The van der Waals surface area contributed by atoms with Crippen molar-refractivity contribution in [3.05, 3.63) is 11.8 Å². The molecule has 1 unspecified atom stereocenters. The lowest BCUT2D eigenvalue weighted by atomic mass is 10.3. The standard InChI is InChI=1S/C9H8N2O4S2/c1-14-7(12)5-3-4-6(11-8(16)10-4)17(5)9(13)15-2/h3H,1-2H3,(H,10,11,16). The van der Waals surface area contributed by atoms with E-state index >= 15 is 0 Å². The lowest BCUT2D eigenvalue weighted by Gasteiger charge is -2.05. The van der Waals surface area contributed by atoms with Crippen molar-refractivity contribution in [3.63, 3.8) is 0 Å². The number of hydrogen-bond donors (Lipinski definition) is 1. The van der Waals surface area contributed by atoms with Gasteiger partial charge in [0, 0.05) is 0 Å². The van der Waals surface area contributed by atoms with Gasteiger partial charge in [-0.1, -0.05) is 0 Å². The van der Waals surface area contributed by atoms with Gasteiger partial charge in [0.1, 0.15) is 9.91 Å². The van der Waals surface area contributed by atoms with Crippen molar-refractivity contribution in [2.45, 2.75) is 0 Å². The molecular weight excluding hydrogens is 264 g/mol. The van der Waals surface area contributed by atoms with Gasteiger partial charge in [0.25, 0.3) is 0 Å². The minimum Gasteiger partial charge on any atom is -0.465 e. The SMILES string of the molecule is COC(=O)C1=S(C(=O)OC)C2=NC(S)=NC2=C1. The highest BCUT2D eigenvalue weighted by Gasteiger charge is 2.34. The number of fused-ring (bicyclic) bond motifs is 1. The number of methoxy groups -OCH3 is 2. The van der Waals surface area contributed by atoms with E-state index in [-0.39, 0.29) is 10.0 Å². The third kappa shape index (κ3) is 1.93. The van der Waals surface area contributed by atoms with Gasteiger partial charge in [0.05, 0.1) is 19.9 Å². The fourth-order valence-corrected chi connectivity index (χ4v) is 3.31. The zero-order valence-electron chi connectivity index (χ0n) is 8.96. The van der Waals surface area contributed by atoms with E-state index in [4.69, 9.17) is 0 Å². The molecule has 0 fully saturated rings. The molecule has 8 heteroatoms. The van der Waals surface area contributed by atoms with E-state index in [0.717, 1.165) is 0 Å². The van der Waals surface area contributed by atoms with Gasteiger partial charge in [-0.3, -0.25) is 0 Å². The van der Waals surface area contributed by atoms with Crippen LogP contribution in [0.3, 0.4) is 0 Å². The number of carbonyl (C=O) groups is 2. The molecular formula is C9H8N2O4S2. The van der Waals surface area contributed by atoms with Crippen LogP contribution in [0.2, 0.25) is 0 Å². The van der Waals surface area contributed by atoms with Crippen LogP contribution in [0.25, 0.3) is 0 Å². The second-order valence-corrected chi connectivity index (χ2v) is 5.15. The predicted octanol–water partition coefficient (Wildman–Crippen LogP) is 0.962. The minimum absolute atomic E-state index is 0.206. The summed E-state index contributed by atoms with van der Waals surface area (Å²) < 4.78 is 9.26. The lowest BCUT2D eigenvalue weighted by Crippen LogP contribution is -2.15. The topological polar surface area (TPSA) is 77.3 Å². The molecule has 2 aliphatic rings. The Morgan fingerprint density at radius 2 is 2.00 bits per heavy atom. The van der Waals surface area contributed by atoms with E-state index < -0.39 is 21.8 Å². The summed E-state index contributed by atoms with van der Waals surface area (Å²) in [6.07, 6.45) is 1.48. The number of amidine groups is 1. The van der Waals surface area contributed by atoms with Gasteiger partial charge in [0.2, 0.25) is 0 Å². The summed E-state index contributed by atoms with van der Waals surface area (Å²) in [5.74, 6) is -0.584. The quantitative estimate of drug-likeness (QED) is 0.438. The first-order chi connectivity index (χ1) is 8.08. The Bertz CT molecular complexity index is 545. The number of hydrogen-bond acceptors (Lipinski definition) is 6. The zero-order valence-corrected chi connectivity index (χ0v) is 10.7. The average molecular weight is 272 g/mol. The van der Waals surface area contributed by atoms with Crippen LogP contribution in [0.5, 0.6) is 0 Å². The normalized spacial score (nSPS) is 21.5. The number of nitrogens with zero attached hydrogens (tertiary/aromatic N) is 2. The molecule has 2 aliphatic heterocycles. The van der Waals surface area contributed by atoms with Gasteiger partial charge >= 0.3 is 11.3 Å². The molecule has 0 aromatic carbocycles. The molecule has 1 atom stereocenters. The maximum Gasteiger partial charge on any atom is 0.368 e. The predicted molar refractivity (Wildman–Crippen MR) is 69.0 cm³/mol.